The molecule has 1 N–H and O–H groups in total. The Balaban J connectivity index is 2.12. The molecule has 0 aromatic carbocycles. The molecule has 0 fully saturated rings. The van der Waals surface area contributed by atoms with Crippen molar-refractivity contribution in [2.75, 3.05) is 0 Å². The van der Waals surface area contributed by atoms with Crippen LogP contribution in [0.4, 0.5) is 0 Å². The molecule has 1 amide bonds. The third-order valence-corrected chi connectivity index (χ3v) is 5.66. The molecule has 0 aliphatic carbocycles. The van der Waals surface area contributed by atoms with Crippen LogP contribution in [-0.4, -0.2) is 29.1 Å². The summed E-state index contributed by atoms with van der Waals surface area (Å²) in [6.07, 6.45) is 1.62. The maximum Gasteiger partial charge on any atom is 0.265 e. The van der Waals surface area contributed by atoms with Crippen molar-refractivity contribution >= 4 is 31.9 Å². The van der Waals surface area contributed by atoms with Crippen molar-refractivity contribution in [3.63, 3.8) is 0 Å². The average Bonchev–Trinajstić information content (AvgIpc) is 2.73. The molecule has 24 heavy (non-hydrogen) atoms. The highest BCUT2D eigenvalue weighted by atomic mass is 79.9. The third-order valence-electron chi connectivity index (χ3n) is 3.86. The van der Waals surface area contributed by atoms with E-state index in [1.165, 1.54) is 18.3 Å². The second-order valence-electron chi connectivity index (χ2n) is 5.66. The first-order valence-corrected chi connectivity index (χ1v) is 9.56. The fraction of sp³-hybridized carbons (Fsp3) is 0.400. The minimum Gasteiger partial charge on any atom is -0.274 e. The SMILES string of the molecule is Cc1nn(C)c(C)c1C[C@@H](C)C(=O)NS(=O)(=O)c1ccc(Br)nc1. The number of carbonyl (C=O) groups is 1. The summed E-state index contributed by atoms with van der Waals surface area (Å²) in [4.78, 5) is 16.1. The number of amides is 1. The molecule has 0 radical (unpaired) electrons. The second-order valence-corrected chi connectivity index (χ2v) is 8.16. The first-order chi connectivity index (χ1) is 11.1. The van der Waals surface area contributed by atoms with Crippen molar-refractivity contribution in [2.24, 2.45) is 13.0 Å². The summed E-state index contributed by atoms with van der Waals surface area (Å²) in [5.41, 5.74) is 2.77. The van der Waals surface area contributed by atoms with Gasteiger partial charge in [0, 0.05) is 24.9 Å². The zero-order valence-corrected chi connectivity index (χ0v) is 16.3. The Labute approximate surface area is 149 Å². The molecular formula is C15H19BrN4O3S. The number of halogens is 1. The zero-order chi connectivity index (χ0) is 18.1. The van der Waals surface area contributed by atoms with Crippen LogP contribution in [0.3, 0.4) is 0 Å². The molecule has 2 aromatic heterocycles. The number of pyridine rings is 1. The Morgan fingerprint density at radius 3 is 2.54 bits per heavy atom. The number of sulfonamides is 1. The molecule has 7 nitrogen and oxygen atoms in total. The van der Waals surface area contributed by atoms with Crippen LogP contribution in [0.5, 0.6) is 0 Å². The van der Waals surface area contributed by atoms with E-state index in [0.717, 1.165) is 17.0 Å². The molecule has 0 saturated heterocycles. The van der Waals surface area contributed by atoms with Crippen molar-refractivity contribution < 1.29 is 13.2 Å². The van der Waals surface area contributed by atoms with E-state index in [4.69, 9.17) is 0 Å². The molecule has 0 unspecified atom stereocenters. The lowest BCUT2D eigenvalue weighted by Gasteiger charge is -2.13. The first-order valence-electron chi connectivity index (χ1n) is 7.29. The zero-order valence-electron chi connectivity index (χ0n) is 13.9. The molecule has 2 heterocycles. The van der Waals surface area contributed by atoms with E-state index in [9.17, 15) is 13.2 Å². The van der Waals surface area contributed by atoms with Gasteiger partial charge in [-0.25, -0.2) is 18.1 Å². The second kappa shape index (κ2) is 7.02. The Bertz CT molecular complexity index is 860. The van der Waals surface area contributed by atoms with Crippen molar-refractivity contribution in [1.82, 2.24) is 19.5 Å². The van der Waals surface area contributed by atoms with Crippen molar-refractivity contribution in [1.29, 1.82) is 0 Å². The summed E-state index contributed by atoms with van der Waals surface area (Å²) in [6, 6.07) is 2.89. The van der Waals surface area contributed by atoms with Crippen LogP contribution in [0.2, 0.25) is 0 Å². The number of hydrogen-bond donors (Lipinski definition) is 1. The number of aromatic nitrogens is 3. The summed E-state index contributed by atoms with van der Waals surface area (Å²) in [5.74, 6) is -1.06. The maximum atomic E-state index is 12.3. The highest BCUT2D eigenvalue weighted by Gasteiger charge is 2.24. The van der Waals surface area contributed by atoms with Gasteiger partial charge >= 0.3 is 0 Å². The predicted octanol–water partition coefficient (Wildman–Crippen LogP) is 1.88. The molecule has 2 aromatic rings. The molecule has 0 aliphatic heterocycles. The maximum absolute atomic E-state index is 12.3. The molecule has 1 atom stereocenters. The number of rotatable bonds is 5. The molecule has 0 saturated carbocycles. The average molecular weight is 415 g/mol. The fourth-order valence-corrected chi connectivity index (χ4v) is 3.58. The fourth-order valence-electron chi connectivity index (χ4n) is 2.32. The van der Waals surface area contributed by atoms with Crippen LogP contribution in [-0.2, 0) is 28.3 Å². The Morgan fingerprint density at radius 2 is 2.04 bits per heavy atom. The Kier molecular flexibility index (Phi) is 5.44. The lowest BCUT2D eigenvalue weighted by Crippen LogP contribution is -2.35. The lowest BCUT2D eigenvalue weighted by atomic mass is 9.99. The quantitative estimate of drug-likeness (QED) is 0.753. The van der Waals surface area contributed by atoms with Crippen molar-refractivity contribution in [3.05, 3.63) is 39.9 Å². The van der Waals surface area contributed by atoms with Gasteiger partial charge < -0.3 is 0 Å². The number of carbonyl (C=O) groups excluding carboxylic acids is 1. The number of nitrogens with one attached hydrogen (secondary N) is 1. The molecule has 2 rings (SSSR count). The molecular weight excluding hydrogens is 396 g/mol. The number of hydrogen-bond acceptors (Lipinski definition) is 5. The summed E-state index contributed by atoms with van der Waals surface area (Å²) < 4.78 is 28.9. The van der Waals surface area contributed by atoms with Gasteiger partial charge in [0.05, 0.1) is 5.69 Å². The molecule has 0 spiro atoms. The highest BCUT2D eigenvalue weighted by molar-refractivity contribution is 9.10. The van der Waals surface area contributed by atoms with Crippen LogP contribution < -0.4 is 4.72 Å². The monoisotopic (exact) mass is 414 g/mol. The Hall–Kier alpha value is -1.74. The minimum absolute atomic E-state index is 0.0556. The first kappa shape index (κ1) is 18.6. The van der Waals surface area contributed by atoms with Gasteiger partial charge in [0.1, 0.15) is 9.50 Å². The van der Waals surface area contributed by atoms with Crippen LogP contribution in [0, 0.1) is 19.8 Å². The summed E-state index contributed by atoms with van der Waals surface area (Å²) in [6.45, 7) is 5.48. The number of nitrogens with zero attached hydrogens (tertiary/aromatic N) is 3. The van der Waals surface area contributed by atoms with E-state index in [-0.39, 0.29) is 4.90 Å². The summed E-state index contributed by atoms with van der Waals surface area (Å²) >= 11 is 3.14. The van der Waals surface area contributed by atoms with E-state index in [1.807, 2.05) is 20.9 Å². The van der Waals surface area contributed by atoms with Gasteiger partial charge in [0.15, 0.2) is 0 Å². The highest BCUT2D eigenvalue weighted by Crippen LogP contribution is 2.18. The predicted molar refractivity (Wildman–Crippen MR) is 92.8 cm³/mol. The van der Waals surface area contributed by atoms with Gasteiger partial charge in [0.25, 0.3) is 10.0 Å². The van der Waals surface area contributed by atoms with Crippen LogP contribution >= 0.6 is 15.9 Å². The van der Waals surface area contributed by atoms with Gasteiger partial charge in [-0.15, -0.1) is 0 Å². The van der Waals surface area contributed by atoms with Gasteiger partial charge in [0.2, 0.25) is 5.91 Å². The number of aryl methyl sites for hydroxylation is 2. The molecule has 9 heteroatoms. The molecule has 0 aliphatic rings. The van der Waals surface area contributed by atoms with Gasteiger partial charge in [-0.05, 0) is 53.9 Å². The minimum atomic E-state index is -3.93. The van der Waals surface area contributed by atoms with Crippen LogP contribution in [0.25, 0.3) is 0 Å². The largest absolute Gasteiger partial charge is 0.274 e. The van der Waals surface area contributed by atoms with Crippen LogP contribution in [0.15, 0.2) is 27.8 Å². The van der Waals surface area contributed by atoms with Crippen molar-refractivity contribution in [3.8, 4) is 0 Å². The van der Waals surface area contributed by atoms with Gasteiger partial charge in [-0.3, -0.25) is 9.48 Å². The van der Waals surface area contributed by atoms with E-state index >= 15 is 0 Å². The topological polar surface area (TPSA) is 94.0 Å². The molecule has 0 bridgehead atoms. The smallest absolute Gasteiger partial charge is 0.265 e. The summed E-state index contributed by atoms with van der Waals surface area (Å²) in [5, 5.41) is 4.31. The van der Waals surface area contributed by atoms with E-state index in [2.05, 4.69) is 30.7 Å². The van der Waals surface area contributed by atoms with E-state index in [1.54, 1.807) is 11.6 Å². The Morgan fingerprint density at radius 1 is 1.38 bits per heavy atom. The third kappa shape index (κ3) is 4.02. The summed E-state index contributed by atoms with van der Waals surface area (Å²) in [7, 11) is -2.10. The van der Waals surface area contributed by atoms with E-state index in [0.29, 0.717) is 11.0 Å². The van der Waals surface area contributed by atoms with E-state index < -0.39 is 21.8 Å². The molecule has 130 valence electrons. The standard InChI is InChI=1S/C15H19BrN4O3S/c1-9(7-13-10(2)18-20(4)11(13)3)15(21)19-24(22,23)12-5-6-14(16)17-8-12/h5-6,8-9H,7H2,1-4H3,(H,19,21)/t9-/m1/s1. The van der Waals surface area contributed by atoms with Crippen molar-refractivity contribution in [2.45, 2.75) is 32.1 Å². The normalized spacial score (nSPS) is 12.9. The van der Waals surface area contributed by atoms with Crippen LogP contribution in [0.1, 0.15) is 23.9 Å². The van der Waals surface area contributed by atoms with Gasteiger partial charge in [-0.2, -0.15) is 5.10 Å². The van der Waals surface area contributed by atoms with Gasteiger partial charge in [-0.1, -0.05) is 6.92 Å². The lowest BCUT2D eigenvalue weighted by molar-refractivity contribution is -0.122.